The average molecular weight is 1410 g/mol. The van der Waals surface area contributed by atoms with Gasteiger partial charge in [-0.2, -0.15) is 0 Å². The summed E-state index contributed by atoms with van der Waals surface area (Å²) in [5.41, 5.74) is 27.2. The van der Waals surface area contributed by atoms with Gasteiger partial charge in [0.2, 0.25) is 0 Å². The van der Waals surface area contributed by atoms with Gasteiger partial charge in [-0.15, -0.1) is 106 Å². The molecule has 0 spiro atoms. The second kappa shape index (κ2) is 26.4. The van der Waals surface area contributed by atoms with Crippen LogP contribution in [0.5, 0.6) is 0 Å². The average Bonchev–Trinajstić information content (AvgIpc) is 1.18. The van der Waals surface area contributed by atoms with E-state index in [4.69, 9.17) is 15.0 Å². The van der Waals surface area contributed by atoms with E-state index >= 15 is 4.79 Å². The van der Waals surface area contributed by atoms with Gasteiger partial charge in [-0.25, -0.2) is 0 Å². The van der Waals surface area contributed by atoms with Crippen molar-refractivity contribution in [1.29, 1.82) is 0 Å². The second-order valence-corrected chi connectivity index (χ2v) is 29.5. The summed E-state index contributed by atoms with van der Waals surface area (Å²) in [5.74, 6) is -0.198. The molecule has 6 heteroatoms. The molecule has 472 valence electrons. The number of rotatable bonds is 12. The van der Waals surface area contributed by atoms with Crippen molar-refractivity contribution in [2.45, 2.75) is 124 Å². The molecule has 1 aliphatic rings. The fourth-order valence-electron chi connectivity index (χ4n) is 12.8. The maximum Gasteiger partial charge on any atom is 3.00 e. The molecular weight excluding hydrogens is 1330 g/mol. The van der Waals surface area contributed by atoms with Gasteiger partial charge in [0.25, 0.3) is 5.91 Å². The molecule has 13 rings (SSSR count). The Kier molecular flexibility index (Phi) is 18.2. The Bertz CT molecular complexity index is 4500. The third kappa shape index (κ3) is 14.2. The fraction of sp³-hybridized carbons (Fsp3) is 0.213. The summed E-state index contributed by atoms with van der Waals surface area (Å²) in [6, 6.07) is 87.1. The second-order valence-electron chi connectivity index (χ2n) is 29.5. The summed E-state index contributed by atoms with van der Waals surface area (Å²) >= 11 is 0. The molecule has 0 saturated carbocycles. The summed E-state index contributed by atoms with van der Waals surface area (Å²) in [7, 11) is 0. The molecular formula is C89H81IrN4O. The Morgan fingerprint density at radius 3 is 1.19 bits per heavy atom. The number of fused-ring (bicyclic) bond motifs is 1. The van der Waals surface area contributed by atoms with Gasteiger partial charge in [0.15, 0.2) is 0 Å². The number of amides is 1. The number of carbonyl (C=O) groups is 1. The Hall–Kier alpha value is -9.45. The van der Waals surface area contributed by atoms with E-state index in [1.807, 2.05) is 85.3 Å². The molecule has 9 aromatic carbocycles. The number of benzene rings is 9. The van der Waals surface area contributed by atoms with Crippen molar-refractivity contribution in [2.75, 3.05) is 4.90 Å². The number of para-hydroxylation sites is 1. The van der Waals surface area contributed by atoms with E-state index in [0.717, 1.165) is 114 Å². The van der Waals surface area contributed by atoms with E-state index in [1.165, 1.54) is 44.5 Å². The summed E-state index contributed by atoms with van der Waals surface area (Å²) in [5, 5.41) is 0. The van der Waals surface area contributed by atoms with Crippen LogP contribution < -0.4 is 4.90 Å². The molecule has 0 saturated heterocycles. The smallest absolute Gasteiger partial charge is 0.304 e. The molecule has 0 bridgehead atoms. The minimum Gasteiger partial charge on any atom is -0.304 e. The molecule has 1 aliphatic carbocycles. The Morgan fingerprint density at radius 2 is 0.768 bits per heavy atom. The minimum atomic E-state index is -0.198. The van der Waals surface area contributed by atoms with Gasteiger partial charge in [0.1, 0.15) is 0 Å². The van der Waals surface area contributed by atoms with Gasteiger partial charge in [-0.05, 0) is 159 Å². The molecule has 0 unspecified atom stereocenters. The predicted molar refractivity (Wildman–Crippen MR) is 391 cm³/mol. The van der Waals surface area contributed by atoms with E-state index in [2.05, 4.69) is 253 Å². The first kappa shape index (κ1) is 65.6. The third-order valence-corrected chi connectivity index (χ3v) is 18.5. The first-order valence-electron chi connectivity index (χ1n) is 33.0. The van der Waals surface area contributed by atoms with Crippen molar-refractivity contribution in [2.24, 2.45) is 0 Å². The quantitative estimate of drug-likeness (QED) is 0.114. The summed E-state index contributed by atoms with van der Waals surface area (Å²) in [6.45, 7) is 27.3. The fourth-order valence-corrected chi connectivity index (χ4v) is 12.8. The topological polar surface area (TPSA) is 59.0 Å². The first-order chi connectivity index (χ1) is 45.0. The number of aryl methyl sites for hydroxylation is 2. The van der Waals surface area contributed by atoms with Gasteiger partial charge in [-0.3, -0.25) is 9.69 Å². The van der Waals surface area contributed by atoms with E-state index in [0.29, 0.717) is 11.3 Å². The maximum absolute atomic E-state index is 16.0. The van der Waals surface area contributed by atoms with Crippen molar-refractivity contribution in [3.05, 3.63) is 294 Å². The van der Waals surface area contributed by atoms with Gasteiger partial charge in [0, 0.05) is 29.8 Å². The number of carbonyl (C=O) groups excluding carboxylic acids is 1. The zero-order chi connectivity index (χ0) is 65.7. The summed E-state index contributed by atoms with van der Waals surface area (Å²) in [6.07, 6.45) is 9.05. The van der Waals surface area contributed by atoms with Crippen LogP contribution in [0.15, 0.2) is 237 Å². The van der Waals surface area contributed by atoms with Crippen LogP contribution in [-0.2, 0) is 54.6 Å². The largest absolute Gasteiger partial charge is 3.00 e. The molecule has 0 radical (unpaired) electrons. The van der Waals surface area contributed by atoms with Gasteiger partial charge in [-0.1, -0.05) is 229 Å². The maximum atomic E-state index is 16.0. The predicted octanol–water partition coefficient (Wildman–Crippen LogP) is 22.9. The van der Waals surface area contributed by atoms with Crippen LogP contribution in [0.1, 0.15) is 133 Å². The third-order valence-electron chi connectivity index (χ3n) is 18.5. The monoisotopic (exact) mass is 1410 g/mol. The molecule has 0 atom stereocenters. The number of aromatic nitrogens is 3. The minimum absolute atomic E-state index is 0. The van der Waals surface area contributed by atoms with Crippen LogP contribution in [0.2, 0.25) is 0 Å². The molecule has 5 nitrogen and oxygen atoms in total. The van der Waals surface area contributed by atoms with Crippen molar-refractivity contribution < 1.29 is 24.9 Å². The molecule has 12 aromatic rings. The van der Waals surface area contributed by atoms with Crippen LogP contribution in [0.3, 0.4) is 0 Å². The Labute approximate surface area is 576 Å². The molecule has 3 aromatic heterocycles. The van der Waals surface area contributed by atoms with Gasteiger partial charge >= 0.3 is 20.1 Å². The normalized spacial score (nSPS) is 12.5. The van der Waals surface area contributed by atoms with Crippen LogP contribution in [0, 0.1) is 18.2 Å². The number of hydrogen-bond donors (Lipinski definition) is 0. The zero-order valence-electron chi connectivity index (χ0n) is 56.7. The number of pyridine rings is 3. The molecule has 95 heavy (non-hydrogen) atoms. The van der Waals surface area contributed by atoms with Crippen LogP contribution >= 0.6 is 0 Å². The number of anilines is 2. The van der Waals surface area contributed by atoms with Crippen LogP contribution in [-0.4, -0.2) is 20.9 Å². The van der Waals surface area contributed by atoms with Crippen molar-refractivity contribution in [1.82, 2.24) is 15.0 Å². The number of hydrogen-bond acceptors (Lipinski definition) is 4. The van der Waals surface area contributed by atoms with E-state index in [-0.39, 0.29) is 47.7 Å². The van der Waals surface area contributed by atoms with Crippen LogP contribution in [0.4, 0.5) is 11.4 Å². The molecule has 0 fully saturated rings. The van der Waals surface area contributed by atoms with Gasteiger partial charge < -0.3 is 15.0 Å². The van der Waals surface area contributed by atoms with E-state index in [1.54, 1.807) is 4.90 Å². The zero-order valence-corrected chi connectivity index (χ0v) is 59.1. The molecule has 3 heterocycles. The van der Waals surface area contributed by atoms with E-state index in [9.17, 15) is 0 Å². The SMILES string of the molecule is CC(C)(C)c1cc(-c2cc[c-]c(-c3ccc(-c4ccccc4-c4cc(C(=O)N(c5ccccc5)c5ccc(-c6[c-]cc7c(c6)CCC7)nc5)cc(-c5ccccc5-c5ccc(-c6[c-]ccc(-c7cc(C(C)(C)C)cc(C(C)(C)C)c7)c6)nc5)c4)cn3)c2)cc(C(C)(C)C)c1.[Ir+3]. The van der Waals surface area contributed by atoms with Crippen molar-refractivity contribution in [3.63, 3.8) is 0 Å². The summed E-state index contributed by atoms with van der Waals surface area (Å²) < 4.78 is 0. The standard InChI is InChI=1S/C89H81N4O.Ir/c1-86(2,3)72-49-67(50-73(53-72)87(4,5)6)60-25-21-27-62(44-60)82-40-37-65(55-90-82)78-31-16-18-33-80(78)69-46-70(48-71(47-69)85(94)93(76-29-14-13-15-30-76)77-39-42-84(92-57-77)64-36-35-58-23-20-24-59(58)43-64)81-34-19-17-32-79(81)66-38-41-83(91-56-66)63-28-22-26-61(45-63)68-51-74(88(7,8)9)54-75(52-68)89(10,11)12;/h13-19,21-22,25-26,29-35,37-57H,20,23-24H2,1-12H3;/q-3;+3. The molecule has 1 amide bonds. The first-order valence-corrected chi connectivity index (χ1v) is 33.0. The van der Waals surface area contributed by atoms with Crippen molar-refractivity contribution in [3.8, 4) is 101 Å². The number of nitrogens with zero attached hydrogens (tertiary/aromatic N) is 4. The van der Waals surface area contributed by atoms with Crippen molar-refractivity contribution >= 4 is 17.3 Å². The molecule has 0 aliphatic heterocycles. The summed E-state index contributed by atoms with van der Waals surface area (Å²) in [4.78, 5) is 33.1. The van der Waals surface area contributed by atoms with Gasteiger partial charge in [0.05, 0.1) is 5.69 Å². The molecule has 0 N–H and O–H groups in total. The van der Waals surface area contributed by atoms with Crippen LogP contribution in [0.25, 0.3) is 101 Å². The Balaban J connectivity index is 0.00000864. The Morgan fingerprint density at radius 1 is 0.358 bits per heavy atom. The van der Waals surface area contributed by atoms with E-state index < -0.39 is 0 Å².